The van der Waals surface area contributed by atoms with Crippen molar-refractivity contribution < 1.29 is 24.1 Å². The van der Waals surface area contributed by atoms with E-state index < -0.39 is 12.1 Å². The summed E-state index contributed by atoms with van der Waals surface area (Å²) >= 11 is 6.26. The summed E-state index contributed by atoms with van der Waals surface area (Å²) < 4.78 is 16.0. The van der Waals surface area contributed by atoms with Crippen LogP contribution in [0.25, 0.3) is 0 Å². The van der Waals surface area contributed by atoms with Crippen molar-refractivity contribution in [2.24, 2.45) is 0 Å². The van der Waals surface area contributed by atoms with Gasteiger partial charge in [0.15, 0.2) is 17.6 Å². The van der Waals surface area contributed by atoms with Gasteiger partial charge in [-0.2, -0.15) is 0 Å². The topological polar surface area (TPSA) is 65.0 Å². The third kappa shape index (κ3) is 3.09. The first-order chi connectivity index (χ1) is 9.97. The molecule has 0 bridgehead atoms. The van der Waals surface area contributed by atoms with Gasteiger partial charge < -0.3 is 19.3 Å². The van der Waals surface area contributed by atoms with E-state index in [4.69, 9.17) is 21.1 Å². The van der Waals surface area contributed by atoms with E-state index in [2.05, 4.69) is 4.74 Å². The second-order valence-corrected chi connectivity index (χ2v) is 5.55. The molecule has 0 amide bonds. The van der Waals surface area contributed by atoms with Crippen LogP contribution in [0.2, 0.25) is 5.02 Å². The summed E-state index contributed by atoms with van der Waals surface area (Å²) in [6, 6.07) is 1.58. The van der Waals surface area contributed by atoms with Crippen molar-refractivity contribution in [2.75, 3.05) is 20.3 Å². The molecule has 0 radical (unpaired) electrons. The lowest BCUT2D eigenvalue weighted by atomic mass is 9.92. The third-order valence-corrected chi connectivity index (χ3v) is 3.65. The van der Waals surface area contributed by atoms with E-state index >= 15 is 0 Å². The summed E-state index contributed by atoms with van der Waals surface area (Å²) in [5.41, 5.74) is 1.00. The van der Waals surface area contributed by atoms with E-state index in [9.17, 15) is 9.90 Å². The molecule has 0 saturated heterocycles. The number of esters is 1. The molecule has 1 aliphatic heterocycles. The van der Waals surface area contributed by atoms with Gasteiger partial charge in [0.1, 0.15) is 0 Å². The summed E-state index contributed by atoms with van der Waals surface area (Å²) in [4.78, 5) is 11.7. The number of aliphatic hydroxyl groups is 1. The number of hydrogen-bond donors (Lipinski definition) is 1. The monoisotopic (exact) mass is 314 g/mol. The summed E-state index contributed by atoms with van der Waals surface area (Å²) in [5, 5.41) is 10.5. The zero-order chi connectivity index (χ0) is 15.6. The van der Waals surface area contributed by atoms with Gasteiger partial charge in [0, 0.05) is 23.6 Å². The molecule has 1 aromatic carbocycles. The number of methoxy groups -OCH3 is 1. The fourth-order valence-electron chi connectivity index (χ4n) is 2.39. The summed E-state index contributed by atoms with van der Waals surface area (Å²) in [6.07, 6.45) is -0.685. The van der Waals surface area contributed by atoms with E-state index in [-0.39, 0.29) is 10.9 Å². The van der Waals surface area contributed by atoms with E-state index in [1.54, 1.807) is 6.07 Å². The molecule has 1 heterocycles. The van der Waals surface area contributed by atoms with E-state index in [0.717, 1.165) is 6.42 Å². The normalized spacial score (nSPS) is 15.5. The predicted octanol–water partition coefficient (Wildman–Crippen LogP) is 2.83. The number of fused-ring (bicyclic) bond motifs is 1. The molecule has 1 aliphatic rings. The van der Waals surface area contributed by atoms with Crippen LogP contribution in [0.1, 0.15) is 43.4 Å². The van der Waals surface area contributed by atoms with Crippen LogP contribution >= 0.6 is 11.6 Å². The first-order valence-corrected chi connectivity index (χ1v) is 7.23. The highest BCUT2D eigenvalue weighted by Gasteiger charge is 2.30. The van der Waals surface area contributed by atoms with Crippen molar-refractivity contribution in [3.05, 3.63) is 22.2 Å². The van der Waals surface area contributed by atoms with Crippen molar-refractivity contribution in [3.8, 4) is 11.5 Å². The minimum Gasteiger partial charge on any atom is -0.489 e. The number of benzene rings is 1. The van der Waals surface area contributed by atoms with Gasteiger partial charge in [0.05, 0.1) is 25.3 Å². The van der Waals surface area contributed by atoms with Crippen LogP contribution in [0.4, 0.5) is 0 Å². The molecule has 5 nitrogen and oxygen atoms in total. The van der Waals surface area contributed by atoms with Gasteiger partial charge in [-0.05, 0) is 5.92 Å². The Bertz CT molecular complexity index is 541. The summed E-state index contributed by atoms with van der Waals surface area (Å²) in [6.45, 7) is 4.93. The molecule has 2 rings (SSSR count). The molecule has 0 aromatic heterocycles. The maximum Gasteiger partial charge on any atom is 0.339 e. The van der Waals surface area contributed by atoms with Crippen LogP contribution in [-0.2, 0) is 9.53 Å². The van der Waals surface area contributed by atoms with Crippen LogP contribution in [-0.4, -0.2) is 31.4 Å². The largest absolute Gasteiger partial charge is 0.489 e. The first-order valence-electron chi connectivity index (χ1n) is 6.85. The average Bonchev–Trinajstić information content (AvgIpc) is 2.68. The number of halogens is 1. The highest BCUT2D eigenvalue weighted by molar-refractivity contribution is 6.32. The Kier molecular flexibility index (Phi) is 4.96. The highest BCUT2D eigenvalue weighted by atomic mass is 35.5. The third-order valence-electron chi connectivity index (χ3n) is 3.34. The van der Waals surface area contributed by atoms with Gasteiger partial charge in [0.2, 0.25) is 0 Å². The number of hydrogen-bond acceptors (Lipinski definition) is 5. The molecule has 1 aromatic rings. The highest BCUT2D eigenvalue weighted by Crippen LogP contribution is 2.45. The molecular formula is C15H19ClO5. The number of carbonyl (C=O) groups is 1. The van der Waals surface area contributed by atoms with Gasteiger partial charge in [0.25, 0.3) is 0 Å². The summed E-state index contributed by atoms with van der Waals surface area (Å²) in [7, 11) is 1.22. The standard InChI is InChI=1S/C15H19ClO5/c1-8(2)11-12(13(17)15(18)19-3)9(16)7-10-14(11)21-6-4-5-20-10/h7-8,13,17H,4-6H2,1-3H3. The van der Waals surface area contributed by atoms with Crippen LogP contribution in [0.3, 0.4) is 0 Å². The van der Waals surface area contributed by atoms with Crippen molar-refractivity contribution in [2.45, 2.75) is 32.3 Å². The van der Waals surface area contributed by atoms with E-state index in [1.165, 1.54) is 7.11 Å². The molecule has 1 unspecified atom stereocenters. The Morgan fingerprint density at radius 2 is 2.00 bits per heavy atom. The van der Waals surface area contributed by atoms with Gasteiger partial charge in [-0.1, -0.05) is 25.4 Å². The molecule has 1 atom stereocenters. The van der Waals surface area contributed by atoms with Crippen LogP contribution in [0.15, 0.2) is 6.07 Å². The number of aliphatic hydroxyl groups excluding tert-OH is 1. The Balaban J connectivity index is 2.64. The smallest absolute Gasteiger partial charge is 0.339 e. The molecule has 116 valence electrons. The van der Waals surface area contributed by atoms with Crippen molar-refractivity contribution >= 4 is 17.6 Å². The summed E-state index contributed by atoms with van der Waals surface area (Å²) in [5.74, 6) is 0.327. The van der Waals surface area contributed by atoms with Gasteiger partial charge in [-0.15, -0.1) is 0 Å². The lowest BCUT2D eigenvalue weighted by Crippen LogP contribution is -2.17. The molecule has 21 heavy (non-hydrogen) atoms. The van der Waals surface area contributed by atoms with Crippen molar-refractivity contribution in [3.63, 3.8) is 0 Å². The molecule has 0 aliphatic carbocycles. The quantitative estimate of drug-likeness (QED) is 0.869. The second-order valence-electron chi connectivity index (χ2n) is 5.14. The number of ether oxygens (including phenoxy) is 3. The lowest BCUT2D eigenvalue weighted by Gasteiger charge is -2.22. The zero-order valence-electron chi connectivity index (χ0n) is 12.3. The number of carbonyl (C=O) groups excluding carboxylic acids is 1. The Hall–Kier alpha value is -1.46. The average molecular weight is 315 g/mol. The predicted molar refractivity (Wildman–Crippen MR) is 78.1 cm³/mol. The lowest BCUT2D eigenvalue weighted by molar-refractivity contribution is -0.150. The molecule has 0 spiro atoms. The second kappa shape index (κ2) is 6.54. The SMILES string of the molecule is COC(=O)C(O)c1c(Cl)cc2c(c1C(C)C)OCCCO2. The number of rotatable bonds is 3. The van der Waals surface area contributed by atoms with Crippen molar-refractivity contribution in [1.29, 1.82) is 0 Å². The van der Waals surface area contributed by atoms with E-state index in [0.29, 0.717) is 35.8 Å². The van der Waals surface area contributed by atoms with E-state index in [1.807, 2.05) is 13.8 Å². The molecule has 0 saturated carbocycles. The minimum absolute atomic E-state index is 0.00606. The van der Waals surface area contributed by atoms with Gasteiger partial charge in [-0.3, -0.25) is 0 Å². The first kappa shape index (κ1) is 15.9. The molecule has 0 fully saturated rings. The minimum atomic E-state index is -1.45. The van der Waals surface area contributed by atoms with Crippen LogP contribution in [0.5, 0.6) is 11.5 Å². The Labute approximate surface area is 128 Å². The maximum absolute atomic E-state index is 11.7. The Morgan fingerprint density at radius 1 is 1.33 bits per heavy atom. The fraction of sp³-hybridized carbons (Fsp3) is 0.533. The van der Waals surface area contributed by atoms with Gasteiger partial charge >= 0.3 is 5.97 Å². The Morgan fingerprint density at radius 3 is 2.62 bits per heavy atom. The van der Waals surface area contributed by atoms with Crippen LogP contribution in [0, 0.1) is 0 Å². The molecule has 1 N–H and O–H groups in total. The van der Waals surface area contributed by atoms with Crippen LogP contribution < -0.4 is 9.47 Å². The van der Waals surface area contributed by atoms with Gasteiger partial charge in [-0.25, -0.2) is 4.79 Å². The zero-order valence-corrected chi connectivity index (χ0v) is 13.1. The fourth-order valence-corrected chi connectivity index (χ4v) is 2.70. The van der Waals surface area contributed by atoms with Crippen molar-refractivity contribution in [1.82, 2.24) is 0 Å². The maximum atomic E-state index is 11.7. The molecule has 6 heteroatoms. The molecular weight excluding hydrogens is 296 g/mol.